The van der Waals surface area contributed by atoms with Crippen molar-refractivity contribution >= 4 is 21.0 Å². The van der Waals surface area contributed by atoms with Crippen molar-refractivity contribution in [2.24, 2.45) is 0 Å². The second-order valence-electron chi connectivity index (χ2n) is 6.14. The van der Waals surface area contributed by atoms with E-state index in [9.17, 15) is 0 Å². The number of para-hydroxylation sites is 6. The summed E-state index contributed by atoms with van der Waals surface area (Å²) in [5.41, 5.74) is 0. The van der Waals surface area contributed by atoms with E-state index in [1.165, 1.54) is 0 Å². The minimum Gasteiger partial charge on any atom is -0.490 e. The summed E-state index contributed by atoms with van der Waals surface area (Å²) in [5, 5.41) is 0. The Hall–Kier alpha value is -2.82. The Morgan fingerprint density at radius 1 is 0.469 bits per heavy atom. The van der Waals surface area contributed by atoms with Gasteiger partial charge in [0.15, 0.2) is 34.5 Å². The van der Waals surface area contributed by atoms with Gasteiger partial charge in [-0.15, -0.1) is 12.4 Å². The molecule has 8 heteroatoms. The third-order valence-electron chi connectivity index (χ3n) is 3.97. The minimum absolute atomic E-state index is 0. The molecule has 0 amide bonds. The first-order valence-corrected chi connectivity index (χ1v) is 11.3. The summed E-state index contributed by atoms with van der Waals surface area (Å²) in [4.78, 5) is 0. The molecule has 0 unspecified atom stereocenters. The van der Waals surface area contributed by atoms with Crippen molar-refractivity contribution < 1.29 is 27.8 Å². The molecule has 3 rings (SSSR count). The standard InChI is InChI=1S/C24H27O6P.ClH/c1-4-25-19-13-7-10-16-22(19)28-31(29-23-17-11-8-14-20(23)26-5-2)30-24-18-12-9-15-21(24)27-6-3;/h7-18H,4-6H2,1-3H3;1H. The summed E-state index contributed by atoms with van der Waals surface area (Å²) in [5.74, 6) is 3.41. The number of hydrogen-bond acceptors (Lipinski definition) is 6. The number of ether oxygens (including phenoxy) is 3. The van der Waals surface area contributed by atoms with E-state index < -0.39 is 8.60 Å². The normalized spacial score (nSPS) is 10.1. The fourth-order valence-electron chi connectivity index (χ4n) is 2.70. The van der Waals surface area contributed by atoms with E-state index in [0.717, 1.165) is 0 Å². The highest BCUT2D eigenvalue weighted by Crippen LogP contribution is 2.48. The molecule has 3 aromatic rings. The van der Waals surface area contributed by atoms with Crippen molar-refractivity contribution in [3.63, 3.8) is 0 Å². The predicted molar refractivity (Wildman–Crippen MR) is 129 cm³/mol. The van der Waals surface area contributed by atoms with Gasteiger partial charge in [0, 0.05) is 0 Å². The highest BCUT2D eigenvalue weighted by Gasteiger charge is 2.25. The van der Waals surface area contributed by atoms with Crippen LogP contribution >= 0.6 is 21.0 Å². The summed E-state index contributed by atoms with van der Waals surface area (Å²) >= 11 is 0. The SMILES string of the molecule is CCOc1ccccc1OP(Oc1ccccc1OCC)Oc1ccccc1OCC.Cl. The monoisotopic (exact) mass is 478 g/mol. The van der Waals surface area contributed by atoms with Gasteiger partial charge in [0.2, 0.25) is 0 Å². The topological polar surface area (TPSA) is 55.4 Å². The van der Waals surface area contributed by atoms with Crippen LogP contribution in [-0.2, 0) is 0 Å². The molecule has 0 fully saturated rings. The Morgan fingerprint density at radius 2 is 0.719 bits per heavy atom. The Balaban J connectivity index is 0.00000363. The maximum absolute atomic E-state index is 6.16. The third kappa shape index (κ3) is 7.11. The Kier molecular flexibility index (Phi) is 10.8. The zero-order valence-electron chi connectivity index (χ0n) is 18.4. The van der Waals surface area contributed by atoms with Crippen LogP contribution in [0.5, 0.6) is 34.5 Å². The molecule has 0 aliphatic heterocycles. The molecule has 0 atom stereocenters. The molecule has 0 bridgehead atoms. The molecule has 0 aliphatic carbocycles. The van der Waals surface area contributed by atoms with Crippen LogP contribution in [0.25, 0.3) is 0 Å². The highest BCUT2D eigenvalue weighted by atomic mass is 35.5. The van der Waals surface area contributed by atoms with Crippen LogP contribution in [0.3, 0.4) is 0 Å². The average Bonchev–Trinajstić information content (AvgIpc) is 2.78. The molecule has 0 saturated carbocycles. The average molecular weight is 479 g/mol. The molecule has 32 heavy (non-hydrogen) atoms. The second-order valence-corrected chi connectivity index (χ2v) is 7.13. The highest BCUT2D eigenvalue weighted by molar-refractivity contribution is 7.43. The summed E-state index contributed by atoms with van der Waals surface area (Å²) in [6.45, 7) is 7.30. The summed E-state index contributed by atoms with van der Waals surface area (Å²) in [6, 6.07) is 22.2. The number of rotatable bonds is 12. The lowest BCUT2D eigenvalue weighted by Crippen LogP contribution is -2.06. The van der Waals surface area contributed by atoms with Crippen LogP contribution in [-0.4, -0.2) is 19.8 Å². The molecular formula is C24H28ClO6P. The minimum atomic E-state index is -1.91. The van der Waals surface area contributed by atoms with E-state index in [1.54, 1.807) is 0 Å². The Morgan fingerprint density at radius 3 is 0.969 bits per heavy atom. The number of hydrogen-bond donors (Lipinski definition) is 0. The van der Waals surface area contributed by atoms with E-state index in [0.29, 0.717) is 54.3 Å². The van der Waals surface area contributed by atoms with Crippen LogP contribution in [0.2, 0.25) is 0 Å². The first kappa shape index (κ1) is 25.4. The molecule has 0 radical (unpaired) electrons. The van der Waals surface area contributed by atoms with Crippen LogP contribution in [0, 0.1) is 0 Å². The van der Waals surface area contributed by atoms with E-state index in [2.05, 4.69) is 0 Å². The van der Waals surface area contributed by atoms with Crippen molar-refractivity contribution in [1.29, 1.82) is 0 Å². The molecule has 0 spiro atoms. The van der Waals surface area contributed by atoms with Crippen molar-refractivity contribution in [3.05, 3.63) is 72.8 Å². The first-order chi connectivity index (χ1) is 15.2. The fraction of sp³-hybridized carbons (Fsp3) is 0.250. The quantitative estimate of drug-likeness (QED) is 0.259. The van der Waals surface area contributed by atoms with Crippen LogP contribution in [0.4, 0.5) is 0 Å². The molecular weight excluding hydrogens is 451 g/mol. The van der Waals surface area contributed by atoms with Gasteiger partial charge >= 0.3 is 8.60 Å². The second kappa shape index (κ2) is 13.6. The van der Waals surface area contributed by atoms with Crippen molar-refractivity contribution in [2.75, 3.05) is 19.8 Å². The maximum atomic E-state index is 6.16. The van der Waals surface area contributed by atoms with Crippen LogP contribution < -0.4 is 27.8 Å². The molecule has 6 nitrogen and oxygen atoms in total. The van der Waals surface area contributed by atoms with Crippen LogP contribution in [0.1, 0.15) is 20.8 Å². The zero-order valence-corrected chi connectivity index (χ0v) is 20.1. The van der Waals surface area contributed by atoms with Gasteiger partial charge in [0.25, 0.3) is 0 Å². The van der Waals surface area contributed by atoms with E-state index in [-0.39, 0.29) is 12.4 Å². The van der Waals surface area contributed by atoms with Crippen molar-refractivity contribution in [2.45, 2.75) is 20.8 Å². The van der Waals surface area contributed by atoms with E-state index in [4.69, 9.17) is 27.8 Å². The number of halogens is 1. The van der Waals surface area contributed by atoms with Gasteiger partial charge in [-0.1, -0.05) is 36.4 Å². The summed E-state index contributed by atoms with van der Waals surface area (Å²) < 4.78 is 35.5. The van der Waals surface area contributed by atoms with E-state index >= 15 is 0 Å². The molecule has 0 saturated heterocycles. The number of benzene rings is 3. The third-order valence-corrected chi connectivity index (χ3v) is 5.00. The molecule has 0 aliphatic rings. The Labute approximate surface area is 196 Å². The lowest BCUT2D eigenvalue weighted by molar-refractivity contribution is 0.301. The fourth-order valence-corrected chi connectivity index (χ4v) is 3.74. The predicted octanol–water partition coefficient (Wildman–Crippen LogP) is 7.07. The van der Waals surface area contributed by atoms with Crippen molar-refractivity contribution in [1.82, 2.24) is 0 Å². The Bertz CT molecular complexity index is 833. The molecule has 0 heterocycles. The summed E-state index contributed by atoms with van der Waals surface area (Å²) in [6.07, 6.45) is 0. The van der Waals surface area contributed by atoms with E-state index in [1.807, 2.05) is 93.6 Å². The van der Waals surface area contributed by atoms with Gasteiger partial charge in [0.1, 0.15) is 0 Å². The van der Waals surface area contributed by atoms with Crippen LogP contribution in [0.15, 0.2) is 72.8 Å². The summed E-state index contributed by atoms with van der Waals surface area (Å²) in [7, 11) is -1.91. The zero-order chi connectivity index (χ0) is 21.9. The van der Waals surface area contributed by atoms with Gasteiger partial charge < -0.3 is 27.8 Å². The van der Waals surface area contributed by atoms with Gasteiger partial charge in [-0.25, -0.2) is 0 Å². The largest absolute Gasteiger partial charge is 0.530 e. The van der Waals surface area contributed by atoms with Gasteiger partial charge in [-0.2, -0.15) is 0 Å². The molecule has 172 valence electrons. The molecule has 0 N–H and O–H groups in total. The van der Waals surface area contributed by atoms with Gasteiger partial charge in [-0.05, 0) is 57.2 Å². The van der Waals surface area contributed by atoms with Gasteiger partial charge in [-0.3, -0.25) is 0 Å². The van der Waals surface area contributed by atoms with Crippen molar-refractivity contribution in [3.8, 4) is 34.5 Å². The smallest absolute Gasteiger partial charge is 0.490 e. The lowest BCUT2D eigenvalue weighted by atomic mass is 10.3. The lowest BCUT2D eigenvalue weighted by Gasteiger charge is -2.21. The van der Waals surface area contributed by atoms with Gasteiger partial charge in [0.05, 0.1) is 19.8 Å². The first-order valence-electron chi connectivity index (χ1n) is 10.2. The maximum Gasteiger partial charge on any atom is 0.530 e. The molecule has 3 aromatic carbocycles. The molecule has 0 aromatic heterocycles.